The van der Waals surface area contributed by atoms with E-state index in [2.05, 4.69) is 4.98 Å². The molecule has 0 bridgehead atoms. The molecule has 1 aromatic carbocycles. The lowest BCUT2D eigenvalue weighted by Gasteiger charge is -2.20. The molecule has 0 aliphatic heterocycles. The van der Waals surface area contributed by atoms with Gasteiger partial charge in [0.1, 0.15) is 0 Å². The van der Waals surface area contributed by atoms with Crippen LogP contribution < -0.4 is 4.74 Å². The Kier molecular flexibility index (Phi) is 6.30. The number of carboxylic acids is 1. The molecule has 0 fully saturated rings. The summed E-state index contributed by atoms with van der Waals surface area (Å²) in [5, 5.41) is 9.25. The molecule has 7 heteroatoms. The van der Waals surface area contributed by atoms with Gasteiger partial charge in [0.2, 0.25) is 5.88 Å². The topological polar surface area (TPSA) is 83.0 Å². The molecule has 2 aromatic rings. The number of pyridine rings is 1. The van der Waals surface area contributed by atoms with Crippen LogP contribution in [0.4, 0.5) is 0 Å². The van der Waals surface area contributed by atoms with E-state index in [0.717, 1.165) is 6.54 Å². The Morgan fingerprint density at radius 3 is 2.42 bits per heavy atom. The molecular formula is C19H23N3O4. The third-order valence-corrected chi connectivity index (χ3v) is 3.89. The van der Waals surface area contributed by atoms with Crippen molar-refractivity contribution in [1.82, 2.24) is 14.8 Å². The zero-order chi connectivity index (χ0) is 19.3. The SMILES string of the molecule is COc1cc(C(=O)O)cc(-c2cccc(C(=O)N(C)CCN(C)C)c2)n1. The number of hydrogen-bond donors (Lipinski definition) is 1. The van der Waals surface area contributed by atoms with Crippen LogP contribution in [-0.2, 0) is 0 Å². The quantitative estimate of drug-likeness (QED) is 0.817. The van der Waals surface area contributed by atoms with Gasteiger partial charge in [0.25, 0.3) is 5.91 Å². The van der Waals surface area contributed by atoms with E-state index in [9.17, 15) is 14.7 Å². The molecule has 7 nitrogen and oxygen atoms in total. The van der Waals surface area contributed by atoms with E-state index in [-0.39, 0.29) is 17.4 Å². The predicted octanol–water partition coefficient (Wildman–Crippen LogP) is 2.09. The van der Waals surface area contributed by atoms with Crippen molar-refractivity contribution < 1.29 is 19.4 Å². The minimum absolute atomic E-state index is 0.0756. The van der Waals surface area contributed by atoms with Gasteiger partial charge < -0.3 is 19.6 Å². The van der Waals surface area contributed by atoms with Crippen molar-refractivity contribution in [1.29, 1.82) is 0 Å². The summed E-state index contributed by atoms with van der Waals surface area (Å²) in [6, 6.07) is 9.80. The van der Waals surface area contributed by atoms with E-state index in [1.807, 2.05) is 19.0 Å². The maximum Gasteiger partial charge on any atom is 0.335 e. The monoisotopic (exact) mass is 357 g/mol. The fourth-order valence-corrected chi connectivity index (χ4v) is 2.36. The molecule has 1 heterocycles. The first-order valence-electron chi connectivity index (χ1n) is 8.12. The molecule has 0 aliphatic rings. The Morgan fingerprint density at radius 2 is 1.81 bits per heavy atom. The van der Waals surface area contributed by atoms with Crippen LogP contribution in [0.2, 0.25) is 0 Å². The largest absolute Gasteiger partial charge is 0.481 e. The number of hydrogen-bond acceptors (Lipinski definition) is 5. The summed E-state index contributed by atoms with van der Waals surface area (Å²) >= 11 is 0. The van der Waals surface area contributed by atoms with E-state index < -0.39 is 5.97 Å². The zero-order valence-electron chi connectivity index (χ0n) is 15.4. The van der Waals surface area contributed by atoms with Gasteiger partial charge in [0.05, 0.1) is 18.4 Å². The number of aromatic carboxylic acids is 1. The number of benzene rings is 1. The number of methoxy groups -OCH3 is 1. The summed E-state index contributed by atoms with van der Waals surface area (Å²) in [6.07, 6.45) is 0. The Labute approximate surface area is 152 Å². The highest BCUT2D eigenvalue weighted by atomic mass is 16.5. The van der Waals surface area contributed by atoms with Gasteiger partial charge in [0.15, 0.2) is 0 Å². The van der Waals surface area contributed by atoms with Gasteiger partial charge in [-0.25, -0.2) is 9.78 Å². The Balaban J connectivity index is 2.33. The number of rotatable bonds is 7. The van der Waals surface area contributed by atoms with Crippen molar-refractivity contribution in [3.63, 3.8) is 0 Å². The predicted molar refractivity (Wildman–Crippen MR) is 98.7 cm³/mol. The number of amides is 1. The third kappa shape index (κ3) is 4.80. The molecule has 138 valence electrons. The first-order chi connectivity index (χ1) is 12.3. The number of carboxylic acid groups (broad SMARTS) is 1. The van der Waals surface area contributed by atoms with Crippen molar-refractivity contribution in [2.45, 2.75) is 0 Å². The van der Waals surface area contributed by atoms with Crippen LogP contribution in [-0.4, -0.2) is 73.1 Å². The minimum Gasteiger partial charge on any atom is -0.481 e. The number of likely N-dealkylation sites (N-methyl/N-ethyl adjacent to an activating group) is 2. The van der Waals surface area contributed by atoms with Crippen molar-refractivity contribution in [3.05, 3.63) is 47.5 Å². The number of aromatic nitrogens is 1. The fourth-order valence-electron chi connectivity index (χ4n) is 2.36. The molecule has 0 unspecified atom stereocenters. The molecule has 1 N–H and O–H groups in total. The molecule has 0 radical (unpaired) electrons. The minimum atomic E-state index is -1.07. The molecule has 2 rings (SSSR count). The summed E-state index contributed by atoms with van der Waals surface area (Å²) in [7, 11) is 7.09. The van der Waals surface area contributed by atoms with Crippen LogP contribution in [0.1, 0.15) is 20.7 Å². The normalized spacial score (nSPS) is 10.7. The number of nitrogens with zero attached hydrogens (tertiary/aromatic N) is 3. The van der Waals surface area contributed by atoms with Gasteiger partial charge >= 0.3 is 5.97 Å². The second-order valence-electron chi connectivity index (χ2n) is 6.20. The van der Waals surface area contributed by atoms with Gasteiger partial charge in [-0.15, -0.1) is 0 Å². The maximum absolute atomic E-state index is 12.6. The molecule has 0 saturated heterocycles. The molecular weight excluding hydrogens is 334 g/mol. The first kappa shape index (κ1) is 19.4. The highest BCUT2D eigenvalue weighted by Crippen LogP contribution is 2.23. The highest BCUT2D eigenvalue weighted by Gasteiger charge is 2.15. The Bertz CT molecular complexity index is 805. The summed E-state index contributed by atoms with van der Waals surface area (Å²) in [5.74, 6) is -0.961. The lowest BCUT2D eigenvalue weighted by atomic mass is 10.1. The molecule has 0 saturated carbocycles. The van der Waals surface area contributed by atoms with Gasteiger partial charge in [-0.05, 0) is 32.3 Å². The summed E-state index contributed by atoms with van der Waals surface area (Å²) in [6.45, 7) is 1.37. The summed E-state index contributed by atoms with van der Waals surface area (Å²) in [5.41, 5.74) is 1.68. The average Bonchev–Trinajstić information content (AvgIpc) is 2.65. The molecule has 0 aliphatic carbocycles. The lowest BCUT2D eigenvalue weighted by Crippen LogP contribution is -2.33. The van der Waals surface area contributed by atoms with E-state index >= 15 is 0 Å². The van der Waals surface area contributed by atoms with Gasteiger partial charge in [-0.3, -0.25) is 4.79 Å². The van der Waals surface area contributed by atoms with Crippen LogP contribution >= 0.6 is 0 Å². The van der Waals surface area contributed by atoms with E-state index in [1.54, 1.807) is 36.2 Å². The average molecular weight is 357 g/mol. The molecule has 26 heavy (non-hydrogen) atoms. The first-order valence-corrected chi connectivity index (χ1v) is 8.12. The van der Waals surface area contributed by atoms with E-state index in [4.69, 9.17) is 4.74 Å². The van der Waals surface area contributed by atoms with Crippen LogP contribution in [0.25, 0.3) is 11.3 Å². The van der Waals surface area contributed by atoms with Gasteiger partial charge in [0, 0.05) is 37.3 Å². The van der Waals surface area contributed by atoms with E-state index in [0.29, 0.717) is 23.4 Å². The standard InChI is InChI=1S/C19H23N3O4/c1-21(2)8-9-22(3)18(23)14-7-5-6-13(10-14)16-11-15(19(24)25)12-17(20-16)26-4/h5-7,10-12H,8-9H2,1-4H3,(H,24,25). The second-order valence-corrected chi connectivity index (χ2v) is 6.20. The molecule has 1 amide bonds. The highest BCUT2D eigenvalue weighted by molar-refractivity contribution is 5.95. The third-order valence-electron chi connectivity index (χ3n) is 3.89. The van der Waals surface area contributed by atoms with Crippen molar-refractivity contribution in [3.8, 4) is 17.1 Å². The Morgan fingerprint density at radius 1 is 1.08 bits per heavy atom. The molecule has 0 atom stereocenters. The van der Waals surface area contributed by atoms with Crippen LogP contribution in [0.3, 0.4) is 0 Å². The maximum atomic E-state index is 12.6. The lowest BCUT2D eigenvalue weighted by molar-refractivity contribution is 0.0695. The van der Waals surface area contributed by atoms with Gasteiger partial charge in [-0.1, -0.05) is 12.1 Å². The van der Waals surface area contributed by atoms with Crippen molar-refractivity contribution in [2.24, 2.45) is 0 Å². The van der Waals surface area contributed by atoms with Crippen molar-refractivity contribution >= 4 is 11.9 Å². The smallest absolute Gasteiger partial charge is 0.335 e. The zero-order valence-corrected chi connectivity index (χ0v) is 15.4. The van der Waals surface area contributed by atoms with E-state index in [1.165, 1.54) is 19.2 Å². The number of carbonyl (C=O) groups excluding carboxylic acids is 1. The van der Waals surface area contributed by atoms with Crippen LogP contribution in [0.15, 0.2) is 36.4 Å². The second kappa shape index (κ2) is 8.44. The van der Waals surface area contributed by atoms with Crippen molar-refractivity contribution in [2.75, 3.05) is 41.3 Å². The fraction of sp³-hybridized carbons (Fsp3) is 0.316. The van der Waals surface area contributed by atoms with Crippen LogP contribution in [0, 0.1) is 0 Å². The number of ether oxygens (including phenoxy) is 1. The van der Waals surface area contributed by atoms with Gasteiger partial charge in [-0.2, -0.15) is 0 Å². The molecule has 0 spiro atoms. The molecule has 1 aromatic heterocycles. The van der Waals surface area contributed by atoms with Crippen LogP contribution in [0.5, 0.6) is 5.88 Å². The Hall–Kier alpha value is -2.93. The summed E-state index contributed by atoms with van der Waals surface area (Å²) in [4.78, 5) is 31.9. The number of carbonyl (C=O) groups is 2. The summed E-state index contributed by atoms with van der Waals surface area (Å²) < 4.78 is 5.08.